The zero-order valence-electron chi connectivity index (χ0n) is 13.0. The smallest absolute Gasteiger partial charge is 0.00193 e. The first-order chi connectivity index (χ1) is 10.9. The second-order valence-corrected chi connectivity index (χ2v) is 11.7. The van der Waals surface area contributed by atoms with Crippen LogP contribution in [0.2, 0.25) is 0 Å². The van der Waals surface area contributed by atoms with E-state index in [2.05, 4.69) is 12.7 Å². The summed E-state index contributed by atoms with van der Waals surface area (Å²) >= 11 is 0. The lowest BCUT2D eigenvalue weighted by Gasteiger charge is -2.41. The quantitative estimate of drug-likeness (QED) is 0.647. The first-order valence-electron chi connectivity index (χ1n) is 10.5. The van der Waals surface area contributed by atoms with Crippen molar-refractivity contribution >= 4 is 0 Å². The van der Waals surface area contributed by atoms with Gasteiger partial charge in [0.1, 0.15) is 0 Å². The molecule has 0 aromatic heterocycles. The van der Waals surface area contributed by atoms with Crippen LogP contribution in [0.15, 0.2) is 12.7 Å². The minimum Gasteiger partial charge on any atom is -0.102 e. The molecule has 0 nitrogen and oxygen atoms in total. The van der Waals surface area contributed by atoms with E-state index >= 15 is 0 Å². The number of fused-ring (bicyclic) bond motifs is 4. The lowest BCUT2D eigenvalue weighted by atomic mass is 9.63. The third-order valence-corrected chi connectivity index (χ3v) is 13.2. The molecule has 0 aromatic carbocycles. The van der Waals surface area contributed by atoms with Gasteiger partial charge in [-0.05, 0) is 119 Å². The first kappa shape index (κ1) is 9.90. The Labute approximate surface area is 132 Å². The standard InChI is InChI=1S/C22H24/c1-2-22-19-7-3-5-9-6-4-8(19)13-11(6)16-14(9)15-10(5)12(7)20(22)17(15)18(16)21(13)22/h2,5-21H,1,3-4H2/t5-,6+,7-,8-,9?,10+,11-,12-,13-,14?,15+,16-,17+,18-,19?,20-,21-,22?/m1/s1. The lowest BCUT2D eigenvalue weighted by Crippen LogP contribution is -2.36. The van der Waals surface area contributed by atoms with Crippen LogP contribution in [0.4, 0.5) is 0 Å². The van der Waals surface area contributed by atoms with E-state index in [1.807, 2.05) is 0 Å². The molecule has 0 amide bonds. The summed E-state index contributed by atoms with van der Waals surface area (Å²) in [7, 11) is 0. The highest BCUT2D eigenvalue weighted by atomic mass is 15.0. The van der Waals surface area contributed by atoms with Crippen LogP contribution < -0.4 is 0 Å². The maximum atomic E-state index is 4.55. The van der Waals surface area contributed by atoms with Crippen LogP contribution in [0.1, 0.15) is 12.8 Å². The fourth-order valence-corrected chi connectivity index (χ4v) is 14.7. The van der Waals surface area contributed by atoms with Crippen molar-refractivity contribution in [2.45, 2.75) is 12.8 Å². The summed E-state index contributed by atoms with van der Waals surface area (Å²) < 4.78 is 0. The highest BCUT2D eigenvalue weighted by Crippen LogP contribution is 2.99. The maximum Gasteiger partial charge on any atom is -0.00193 e. The second kappa shape index (κ2) is 2.26. The Morgan fingerprint density at radius 1 is 0.545 bits per heavy atom. The molecular weight excluding hydrogens is 264 g/mol. The summed E-state index contributed by atoms with van der Waals surface area (Å²) in [6.45, 7) is 4.55. The van der Waals surface area contributed by atoms with Gasteiger partial charge in [0, 0.05) is 0 Å². The van der Waals surface area contributed by atoms with Crippen molar-refractivity contribution in [1.29, 1.82) is 0 Å². The Morgan fingerprint density at radius 3 is 1.64 bits per heavy atom. The van der Waals surface area contributed by atoms with Crippen LogP contribution in [0.5, 0.6) is 0 Å². The minimum atomic E-state index is 0.686. The van der Waals surface area contributed by atoms with Gasteiger partial charge in [0.05, 0.1) is 0 Å². The van der Waals surface area contributed by atoms with E-state index in [1.165, 1.54) is 82.9 Å². The van der Waals surface area contributed by atoms with Crippen LogP contribution in [-0.4, -0.2) is 0 Å². The highest BCUT2D eigenvalue weighted by molar-refractivity contribution is 5.44. The topological polar surface area (TPSA) is 0 Å². The third-order valence-electron chi connectivity index (χ3n) is 13.2. The molecule has 10 aliphatic rings. The van der Waals surface area contributed by atoms with Crippen LogP contribution >= 0.6 is 0 Å². The largest absolute Gasteiger partial charge is 0.102 e. The zero-order chi connectivity index (χ0) is 13.4. The van der Waals surface area contributed by atoms with Crippen LogP contribution in [0, 0.1) is 106 Å². The summed E-state index contributed by atoms with van der Waals surface area (Å²) in [6.07, 6.45) is 6.03. The molecule has 112 valence electrons. The number of rotatable bonds is 1. The molecule has 0 spiro atoms. The molecule has 18 atom stereocenters. The van der Waals surface area contributed by atoms with Crippen molar-refractivity contribution < 1.29 is 0 Å². The maximum absolute atomic E-state index is 4.55. The molecule has 0 radical (unpaired) electrons. The van der Waals surface area contributed by atoms with Gasteiger partial charge in [0.15, 0.2) is 0 Å². The average molecular weight is 288 g/mol. The van der Waals surface area contributed by atoms with Crippen molar-refractivity contribution in [1.82, 2.24) is 0 Å². The van der Waals surface area contributed by atoms with E-state index in [9.17, 15) is 0 Å². The summed E-state index contributed by atoms with van der Waals surface area (Å²) in [4.78, 5) is 0. The van der Waals surface area contributed by atoms with Crippen molar-refractivity contribution in [2.75, 3.05) is 0 Å². The van der Waals surface area contributed by atoms with E-state index in [-0.39, 0.29) is 0 Å². The van der Waals surface area contributed by atoms with Crippen molar-refractivity contribution in [3.63, 3.8) is 0 Å². The number of allylic oxidation sites excluding steroid dienone is 1. The summed E-state index contributed by atoms with van der Waals surface area (Å²) in [6, 6.07) is 0. The fourth-order valence-electron chi connectivity index (χ4n) is 14.7. The molecule has 0 N–H and O–H groups in total. The van der Waals surface area contributed by atoms with Gasteiger partial charge in [-0.25, -0.2) is 0 Å². The van der Waals surface area contributed by atoms with Gasteiger partial charge < -0.3 is 0 Å². The molecule has 4 unspecified atom stereocenters. The molecule has 0 saturated heterocycles. The fraction of sp³-hybridized carbons (Fsp3) is 0.909. The van der Waals surface area contributed by atoms with E-state index in [4.69, 9.17) is 0 Å². The van der Waals surface area contributed by atoms with Gasteiger partial charge in [-0.1, -0.05) is 6.08 Å². The predicted octanol–water partition coefficient (Wildman–Crippen LogP) is 3.55. The van der Waals surface area contributed by atoms with Gasteiger partial charge in [0.2, 0.25) is 0 Å². The number of hydrogen-bond donors (Lipinski definition) is 0. The van der Waals surface area contributed by atoms with E-state index in [0.29, 0.717) is 5.41 Å². The third kappa shape index (κ3) is 0.509. The predicted molar refractivity (Wildman–Crippen MR) is 81.2 cm³/mol. The summed E-state index contributed by atoms with van der Waals surface area (Å²) in [5.41, 5.74) is 0.686. The molecule has 10 aliphatic carbocycles. The molecule has 10 saturated carbocycles. The van der Waals surface area contributed by atoms with Crippen LogP contribution in [0.3, 0.4) is 0 Å². The Hall–Kier alpha value is -0.260. The molecule has 10 fully saturated rings. The minimum absolute atomic E-state index is 0.686. The molecule has 0 aliphatic heterocycles. The SMILES string of the molecule is C=CC12C3[C@@H]4C[C@@H]5C6C7[C@@H]8[C@@H]5[C@@H]4[C@@H]1[C@@H]8[C@H]1[C@@H]7[C@H]4[C@H]([C@H]12)[C@H]3C[C@@H]64. The summed E-state index contributed by atoms with van der Waals surface area (Å²) in [5, 5.41) is 0. The van der Waals surface area contributed by atoms with Crippen LogP contribution in [-0.2, 0) is 0 Å². The van der Waals surface area contributed by atoms with Crippen molar-refractivity contribution in [3.05, 3.63) is 12.7 Å². The van der Waals surface area contributed by atoms with Crippen molar-refractivity contribution in [3.8, 4) is 0 Å². The van der Waals surface area contributed by atoms with E-state index in [0.717, 1.165) is 17.8 Å². The first-order valence-corrected chi connectivity index (χ1v) is 10.5. The second-order valence-electron chi connectivity index (χ2n) is 11.7. The normalized spacial score (nSPS) is 94.8. The highest BCUT2D eigenvalue weighted by Gasteiger charge is 2.95. The Morgan fingerprint density at radius 2 is 1.09 bits per heavy atom. The van der Waals surface area contributed by atoms with Gasteiger partial charge in [-0.2, -0.15) is 0 Å². The zero-order valence-corrected chi connectivity index (χ0v) is 13.0. The molecule has 0 heteroatoms. The molecule has 0 aromatic rings. The van der Waals surface area contributed by atoms with Gasteiger partial charge in [0.25, 0.3) is 0 Å². The Kier molecular flexibility index (Phi) is 1.02. The van der Waals surface area contributed by atoms with Crippen LogP contribution in [0.25, 0.3) is 0 Å². The monoisotopic (exact) mass is 288 g/mol. The Bertz CT molecular complexity index is 677. The Balaban J connectivity index is 1.48. The average Bonchev–Trinajstić information content (AvgIpc) is 3.22. The van der Waals surface area contributed by atoms with Gasteiger partial charge in [-0.3, -0.25) is 0 Å². The van der Waals surface area contributed by atoms with Gasteiger partial charge >= 0.3 is 0 Å². The summed E-state index contributed by atoms with van der Waals surface area (Å²) in [5.74, 6) is 20.6. The van der Waals surface area contributed by atoms with E-state index in [1.54, 1.807) is 12.8 Å². The molecule has 0 bridgehead atoms. The van der Waals surface area contributed by atoms with Crippen molar-refractivity contribution in [2.24, 2.45) is 106 Å². The van der Waals surface area contributed by atoms with E-state index < -0.39 is 0 Å². The van der Waals surface area contributed by atoms with Gasteiger partial charge in [-0.15, -0.1) is 6.58 Å². The molecule has 22 heavy (non-hydrogen) atoms. The lowest BCUT2D eigenvalue weighted by molar-refractivity contribution is 0.0938. The molecule has 0 heterocycles. The number of hydrogen-bond acceptors (Lipinski definition) is 0. The molecule has 10 rings (SSSR count). The molecular formula is C22H24.